The zero-order chi connectivity index (χ0) is 13.7. The lowest BCUT2D eigenvalue weighted by molar-refractivity contribution is -0.136. The third-order valence-electron chi connectivity index (χ3n) is 4.33. The van der Waals surface area contributed by atoms with Crippen LogP contribution >= 0.6 is 0 Å². The van der Waals surface area contributed by atoms with Crippen LogP contribution in [-0.4, -0.2) is 61.6 Å². The monoisotopic (exact) mass is 266 g/mol. The van der Waals surface area contributed by atoms with Crippen LogP contribution < -0.4 is 0 Å². The molecule has 0 amide bonds. The van der Waals surface area contributed by atoms with Crippen molar-refractivity contribution >= 4 is 5.97 Å². The highest BCUT2D eigenvalue weighted by molar-refractivity contribution is 5.88. The van der Waals surface area contributed by atoms with Crippen LogP contribution in [-0.2, 0) is 9.53 Å². The highest BCUT2D eigenvalue weighted by atomic mass is 16.5. The molecule has 0 saturated carbocycles. The van der Waals surface area contributed by atoms with Gasteiger partial charge in [-0.25, -0.2) is 4.79 Å². The lowest BCUT2D eigenvalue weighted by Crippen LogP contribution is -2.35. The Balaban J connectivity index is 1.80. The summed E-state index contributed by atoms with van der Waals surface area (Å²) < 4.78 is 4.79. The molecule has 2 rings (SSSR count). The third kappa shape index (κ3) is 3.80. The van der Waals surface area contributed by atoms with Gasteiger partial charge in [-0.2, -0.15) is 0 Å². The van der Waals surface area contributed by atoms with Crippen molar-refractivity contribution in [3.05, 3.63) is 11.6 Å². The molecule has 0 aliphatic carbocycles. The van der Waals surface area contributed by atoms with Crippen LogP contribution in [0.3, 0.4) is 0 Å². The molecule has 0 N–H and O–H groups in total. The lowest BCUT2D eigenvalue weighted by Gasteiger charge is -2.23. The van der Waals surface area contributed by atoms with Gasteiger partial charge in [0.05, 0.1) is 7.11 Å². The molecular formula is C15H26N2O2. The summed E-state index contributed by atoms with van der Waals surface area (Å²) in [6.45, 7) is 7.72. The fourth-order valence-corrected chi connectivity index (χ4v) is 3.13. The molecule has 2 aliphatic rings. The molecular weight excluding hydrogens is 240 g/mol. The van der Waals surface area contributed by atoms with Crippen LogP contribution in [0.5, 0.6) is 0 Å². The maximum absolute atomic E-state index is 11.5. The molecule has 19 heavy (non-hydrogen) atoms. The van der Waals surface area contributed by atoms with Gasteiger partial charge in [-0.1, -0.05) is 13.0 Å². The summed E-state index contributed by atoms with van der Waals surface area (Å²) >= 11 is 0. The van der Waals surface area contributed by atoms with E-state index in [1.165, 1.54) is 39.5 Å². The highest BCUT2D eigenvalue weighted by Gasteiger charge is 2.28. The standard InChI is InChI=1S/C15H26N2O2/c1-3-13(15(18)19-2)6-10-16-11-7-14(12-16)17-8-4-5-9-17/h6,14H,3-5,7-12H2,1-2H3. The first-order chi connectivity index (χ1) is 9.24. The zero-order valence-electron chi connectivity index (χ0n) is 12.2. The van der Waals surface area contributed by atoms with Crippen LogP contribution in [0.2, 0.25) is 0 Å². The minimum atomic E-state index is -0.183. The smallest absolute Gasteiger partial charge is 0.333 e. The Bertz CT molecular complexity index is 335. The predicted molar refractivity (Wildman–Crippen MR) is 76.0 cm³/mol. The highest BCUT2D eigenvalue weighted by Crippen LogP contribution is 2.20. The summed E-state index contributed by atoms with van der Waals surface area (Å²) in [5, 5.41) is 0. The molecule has 2 heterocycles. The van der Waals surface area contributed by atoms with Crippen molar-refractivity contribution in [3.63, 3.8) is 0 Å². The summed E-state index contributed by atoms with van der Waals surface area (Å²) in [4.78, 5) is 16.6. The van der Waals surface area contributed by atoms with E-state index in [4.69, 9.17) is 4.74 Å². The van der Waals surface area contributed by atoms with Crippen molar-refractivity contribution in [2.75, 3.05) is 39.8 Å². The van der Waals surface area contributed by atoms with E-state index in [-0.39, 0.29) is 5.97 Å². The van der Waals surface area contributed by atoms with Gasteiger partial charge >= 0.3 is 5.97 Å². The van der Waals surface area contributed by atoms with Gasteiger partial charge in [-0.15, -0.1) is 0 Å². The van der Waals surface area contributed by atoms with Gasteiger partial charge in [0, 0.05) is 31.2 Å². The SMILES string of the molecule is CCC(=CCN1CCC(N2CCCC2)C1)C(=O)OC. The first-order valence-electron chi connectivity index (χ1n) is 7.48. The van der Waals surface area contributed by atoms with Crippen molar-refractivity contribution in [2.45, 2.75) is 38.6 Å². The Morgan fingerprint density at radius 2 is 2.05 bits per heavy atom. The first kappa shape index (κ1) is 14.5. The van der Waals surface area contributed by atoms with E-state index in [0.29, 0.717) is 0 Å². The maximum atomic E-state index is 11.5. The van der Waals surface area contributed by atoms with Gasteiger partial charge in [0.2, 0.25) is 0 Å². The molecule has 2 aliphatic heterocycles. The van der Waals surface area contributed by atoms with Crippen LogP contribution in [0.15, 0.2) is 11.6 Å². The number of hydrogen-bond donors (Lipinski definition) is 0. The van der Waals surface area contributed by atoms with Crippen LogP contribution in [0.4, 0.5) is 0 Å². The van der Waals surface area contributed by atoms with Crippen molar-refractivity contribution < 1.29 is 9.53 Å². The van der Waals surface area contributed by atoms with Crippen molar-refractivity contribution in [1.82, 2.24) is 9.80 Å². The van der Waals surface area contributed by atoms with E-state index in [2.05, 4.69) is 9.80 Å². The van der Waals surface area contributed by atoms with Gasteiger partial charge in [0.15, 0.2) is 0 Å². The normalized spacial score (nSPS) is 26.0. The van der Waals surface area contributed by atoms with E-state index in [1.54, 1.807) is 0 Å². The average Bonchev–Trinajstić information content (AvgIpc) is 3.09. The summed E-state index contributed by atoms with van der Waals surface area (Å²) in [5.74, 6) is -0.183. The Morgan fingerprint density at radius 1 is 1.32 bits per heavy atom. The number of likely N-dealkylation sites (tertiary alicyclic amines) is 2. The number of rotatable bonds is 5. The molecule has 4 heteroatoms. The Hall–Kier alpha value is -0.870. The molecule has 0 aromatic rings. The number of carbonyl (C=O) groups excluding carboxylic acids is 1. The average molecular weight is 266 g/mol. The molecule has 2 saturated heterocycles. The third-order valence-corrected chi connectivity index (χ3v) is 4.33. The number of carbonyl (C=O) groups is 1. The molecule has 4 nitrogen and oxygen atoms in total. The zero-order valence-corrected chi connectivity index (χ0v) is 12.2. The maximum Gasteiger partial charge on any atom is 0.333 e. The minimum absolute atomic E-state index is 0.183. The van der Waals surface area contributed by atoms with Gasteiger partial charge < -0.3 is 4.74 Å². The van der Waals surface area contributed by atoms with Crippen LogP contribution in [0, 0.1) is 0 Å². The summed E-state index contributed by atoms with van der Waals surface area (Å²) in [7, 11) is 1.45. The molecule has 2 fully saturated rings. The van der Waals surface area contributed by atoms with Crippen molar-refractivity contribution in [2.24, 2.45) is 0 Å². The second-order valence-electron chi connectivity index (χ2n) is 5.52. The fourth-order valence-electron chi connectivity index (χ4n) is 3.13. The molecule has 0 spiro atoms. The second-order valence-corrected chi connectivity index (χ2v) is 5.52. The number of methoxy groups -OCH3 is 1. The quantitative estimate of drug-likeness (QED) is 0.560. The van der Waals surface area contributed by atoms with E-state index in [9.17, 15) is 4.79 Å². The number of ether oxygens (including phenoxy) is 1. The summed E-state index contributed by atoms with van der Waals surface area (Å²) in [6.07, 6.45) is 6.78. The minimum Gasteiger partial charge on any atom is -0.466 e. The molecule has 0 aromatic carbocycles. The van der Waals surface area contributed by atoms with Crippen LogP contribution in [0.1, 0.15) is 32.6 Å². The first-order valence-corrected chi connectivity index (χ1v) is 7.48. The molecule has 0 aromatic heterocycles. The second kappa shape index (κ2) is 7.06. The predicted octanol–water partition coefficient (Wildman–Crippen LogP) is 1.67. The molecule has 1 atom stereocenters. The molecule has 0 radical (unpaired) electrons. The fraction of sp³-hybridized carbons (Fsp3) is 0.800. The van der Waals surface area contributed by atoms with Crippen molar-refractivity contribution in [1.29, 1.82) is 0 Å². The van der Waals surface area contributed by atoms with E-state index in [1.807, 2.05) is 13.0 Å². The Kier molecular flexibility index (Phi) is 5.40. The molecule has 108 valence electrons. The van der Waals surface area contributed by atoms with Gasteiger partial charge in [-0.3, -0.25) is 9.80 Å². The Morgan fingerprint density at radius 3 is 2.68 bits per heavy atom. The lowest BCUT2D eigenvalue weighted by atomic mass is 10.2. The van der Waals surface area contributed by atoms with Gasteiger partial charge in [0.25, 0.3) is 0 Å². The largest absolute Gasteiger partial charge is 0.466 e. The molecule has 0 bridgehead atoms. The van der Waals surface area contributed by atoms with Crippen LogP contribution in [0.25, 0.3) is 0 Å². The van der Waals surface area contributed by atoms with E-state index in [0.717, 1.165) is 37.7 Å². The summed E-state index contributed by atoms with van der Waals surface area (Å²) in [6, 6.07) is 0.735. The Labute approximate surface area is 116 Å². The number of hydrogen-bond acceptors (Lipinski definition) is 4. The van der Waals surface area contributed by atoms with E-state index >= 15 is 0 Å². The van der Waals surface area contributed by atoms with E-state index < -0.39 is 0 Å². The number of nitrogens with zero attached hydrogens (tertiary/aromatic N) is 2. The van der Waals surface area contributed by atoms with Gasteiger partial charge in [0.1, 0.15) is 0 Å². The van der Waals surface area contributed by atoms with Crippen molar-refractivity contribution in [3.8, 4) is 0 Å². The topological polar surface area (TPSA) is 32.8 Å². The molecule has 1 unspecified atom stereocenters. The number of esters is 1. The van der Waals surface area contributed by atoms with Gasteiger partial charge in [-0.05, 0) is 38.8 Å². The summed E-state index contributed by atoms with van der Waals surface area (Å²) in [5.41, 5.74) is 0.798.